The highest BCUT2D eigenvalue weighted by molar-refractivity contribution is 6.04. The number of fused-ring (bicyclic) bond motifs is 1. The highest BCUT2D eigenvalue weighted by atomic mass is 16.2. The van der Waals surface area contributed by atoms with Gasteiger partial charge in [0.15, 0.2) is 0 Å². The Labute approximate surface area is 190 Å². The Bertz CT molecular complexity index is 826. The standard InChI is InChI=1S/C24H35N5O3/c1-18(2)22(30)25-19-8-3-4-9-20(19)27-16-14-26(15-17-27)11-7-13-29-23(31)21-10-5-6-12-28(21)24(29)32/h3-4,8-9,18,21H,5-7,10-17H2,1-2H3,(H,25,30). The Morgan fingerprint density at radius 2 is 1.78 bits per heavy atom. The lowest BCUT2D eigenvalue weighted by Crippen LogP contribution is -2.47. The van der Waals surface area contributed by atoms with Crippen molar-refractivity contribution in [3.05, 3.63) is 24.3 Å². The normalized spacial score (nSPS) is 22.0. The zero-order valence-corrected chi connectivity index (χ0v) is 19.3. The van der Waals surface area contributed by atoms with Gasteiger partial charge in [0, 0.05) is 45.2 Å². The molecular weight excluding hydrogens is 406 g/mol. The number of benzene rings is 1. The second-order valence-electron chi connectivity index (χ2n) is 9.32. The number of nitrogens with one attached hydrogen (secondary N) is 1. The first kappa shape index (κ1) is 22.6. The minimum absolute atomic E-state index is 0.000397. The Kier molecular flexibility index (Phi) is 6.98. The molecule has 3 heterocycles. The maximum Gasteiger partial charge on any atom is 0.327 e. The van der Waals surface area contributed by atoms with Crippen molar-refractivity contribution in [3.8, 4) is 0 Å². The van der Waals surface area contributed by atoms with E-state index in [9.17, 15) is 14.4 Å². The molecular formula is C24H35N5O3. The maximum absolute atomic E-state index is 12.6. The van der Waals surface area contributed by atoms with Crippen molar-refractivity contribution in [2.75, 3.05) is 56.0 Å². The number of piperidine rings is 1. The summed E-state index contributed by atoms with van der Waals surface area (Å²) in [5.41, 5.74) is 1.92. The van der Waals surface area contributed by atoms with Crippen LogP contribution in [0.15, 0.2) is 24.3 Å². The molecule has 32 heavy (non-hydrogen) atoms. The summed E-state index contributed by atoms with van der Waals surface area (Å²) in [6.45, 7) is 9.49. The number of rotatable bonds is 7. The van der Waals surface area contributed by atoms with E-state index in [1.165, 1.54) is 4.90 Å². The fraction of sp³-hybridized carbons (Fsp3) is 0.625. The topological polar surface area (TPSA) is 76.2 Å². The van der Waals surface area contributed by atoms with Crippen molar-refractivity contribution in [2.24, 2.45) is 5.92 Å². The van der Waals surface area contributed by atoms with Gasteiger partial charge in [-0.1, -0.05) is 26.0 Å². The fourth-order valence-corrected chi connectivity index (χ4v) is 4.85. The molecule has 8 heteroatoms. The molecule has 0 saturated carbocycles. The van der Waals surface area contributed by atoms with Crippen LogP contribution in [-0.4, -0.2) is 84.4 Å². The summed E-state index contributed by atoms with van der Waals surface area (Å²) in [5.74, 6) is -0.0344. The van der Waals surface area contributed by atoms with Gasteiger partial charge in [-0.05, 0) is 44.4 Å². The predicted molar refractivity (Wildman–Crippen MR) is 125 cm³/mol. The van der Waals surface area contributed by atoms with E-state index >= 15 is 0 Å². The van der Waals surface area contributed by atoms with Gasteiger partial charge in [-0.3, -0.25) is 19.4 Å². The van der Waals surface area contributed by atoms with Gasteiger partial charge < -0.3 is 15.1 Å². The second-order valence-corrected chi connectivity index (χ2v) is 9.32. The average molecular weight is 442 g/mol. The Morgan fingerprint density at radius 1 is 1.03 bits per heavy atom. The van der Waals surface area contributed by atoms with Crippen LogP contribution in [0.3, 0.4) is 0 Å². The van der Waals surface area contributed by atoms with Gasteiger partial charge in [-0.2, -0.15) is 0 Å². The largest absolute Gasteiger partial charge is 0.367 e. The molecule has 3 aliphatic heterocycles. The number of nitrogens with zero attached hydrogens (tertiary/aromatic N) is 4. The molecule has 0 radical (unpaired) electrons. The number of anilines is 2. The molecule has 3 fully saturated rings. The number of para-hydroxylation sites is 2. The van der Waals surface area contributed by atoms with Crippen molar-refractivity contribution in [1.29, 1.82) is 0 Å². The number of imide groups is 1. The van der Waals surface area contributed by atoms with E-state index in [0.717, 1.165) is 69.8 Å². The van der Waals surface area contributed by atoms with E-state index in [1.54, 1.807) is 4.90 Å². The number of amides is 4. The molecule has 0 aromatic heterocycles. The molecule has 1 aromatic rings. The van der Waals surface area contributed by atoms with Crippen LogP contribution in [0.2, 0.25) is 0 Å². The van der Waals surface area contributed by atoms with Gasteiger partial charge in [0.1, 0.15) is 6.04 Å². The molecule has 4 amide bonds. The third kappa shape index (κ3) is 4.75. The van der Waals surface area contributed by atoms with Crippen LogP contribution in [-0.2, 0) is 9.59 Å². The zero-order chi connectivity index (χ0) is 22.7. The van der Waals surface area contributed by atoms with Crippen molar-refractivity contribution in [1.82, 2.24) is 14.7 Å². The molecule has 1 aromatic carbocycles. The molecule has 8 nitrogen and oxygen atoms in total. The summed E-state index contributed by atoms with van der Waals surface area (Å²) < 4.78 is 0. The molecule has 174 valence electrons. The quantitative estimate of drug-likeness (QED) is 0.659. The lowest BCUT2D eigenvalue weighted by Gasteiger charge is -2.37. The first-order valence-corrected chi connectivity index (χ1v) is 11.9. The summed E-state index contributed by atoms with van der Waals surface area (Å²) >= 11 is 0. The summed E-state index contributed by atoms with van der Waals surface area (Å²) in [6.07, 6.45) is 3.64. The highest BCUT2D eigenvalue weighted by Crippen LogP contribution is 2.28. The number of hydrogen-bond donors (Lipinski definition) is 1. The smallest absolute Gasteiger partial charge is 0.327 e. The molecule has 3 saturated heterocycles. The van der Waals surface area contributed by atoms with E-state index in [0.29, 0.717) is 13.1 Å². The SMILES string of the molecule is CC(C)C(=O)Nc1ccccc1N1CCN(CCCN2C(=O)C3CCCCN3C2=O)CC1. The third-order valence-electron chi connectivity index (χ3n) is 6.79. The maximum atomic E-state index is 12.6. The van der Waals surface area contributed by atoms with E-state index in [2.05, 4.69) is 21.2 Å². The second kappa shape index (κ2) is 9.90. The number of urea groups is 1. The van der Waals surface area contributed by atoms with Gasteiger partial charge in [0.2, 0.25) is 5.91 Å². The van der Waals surface area contributed by atoms with Gasteiger partial charge in [-0.25, -0.2) is 4.79 Å². The Balaban J connectivity index is 1.25. The van der Waals surface area contributed by atoms with Crippen molar-refractivity contribution in [3.63, 3.8) is 0 Å². The van der Waals surface area contributed by atoms with Gasteiger partial charge in [0.25, 0.3) is 5.91 Å². The molecule has 4 rings (SSSR count). The van der Waals surface area contributed by atoms with Crippen LogP contribution in [0, 0.1) is 5.92 Å². The Morgan fingerprint density at radius 3 is 2.50 bits per heavy atom. The van der Waals surface area contributed by atoms with Crippen molar-refractivity contribution in [2.45, 2.75) is 45.6 Å². The van der Waals surface area contributed by atoms with E-state index < -0.39 is 0 Å². The van der Waals surface area contributed by atoms with Crippen LogP contribution in [0.25, 0.3) is 0 Å². The average Bonchev–Trinajstić information content (AvgIpc) is 3.05. The Hall–Kier alpha value is -2.61. The van der Waals surface area contributed by atoms with Crippen LogP contribution < -0.4 is 10.2 Å². The van der Waals surface area contributed by atoms with Crippen LogP contribution >= 0.6 is 0 Å². The molecule has 1 N–H and O–H groups in total. The molecule has 0 spiro atoms. The lowest BCUT2D eigenvalue weighted by molar-refractivity contribution is -0.129. The van der Waals surface area contributed by atoms with Crippen LogP contribution in [0.1, 0.15) is 39.5 Å². The first-order chi connectivity index (χ1) is 15.5. The minimum atomic E-state index is -0.212. The lowest BCUT2D eigenvalue weighted by atomic mass is 10.0. The van der Waals surface area contributed by atoms with Crippen LogP contribution in [0.5, 0.6) is 0 Å². The molecule has 1 unspecified atom stereocenters. The molecule has 0 bridgehead atoms. The number of carbonyl (C=O) groups excluding carboxylic acids is 3. The predicted octanol–water partition coefficient (Wildman–Crippen LogP) is 2.61. The number of carbonyl (C=O) groups is 3. The van der Waals surface area contributed by atoms with E-state index in [-0.39, 0.29) is 29.8 Å². The summed E-state index contributed by atoms with van der Waals surface area (Å²) in [4.78, 5) is 45.3. The minimum Gasteiger partial charge on any atom is -0.367 e. The van der Waals surface area contributed by atoms with E-state index in [1.807, 2.05) is 32.0 Å². The number of hydrogen-bond acceptors (Lipinski definition) is 5. The van der Waals surface area contributed by atoms with Crippen LogP contribution in [0.4, 0.5) is 16.2 Å². The molecule has 1 atom stereocenters. The summed E-state index contributed by atoms with van der Waals surface area (Å²) in [6, 6.07) is 7.67. The van der Waals surface area contributed by atoms with E-state index in [4.69, 9.17) is 0 Å². The monoisotopic (exact) mass is 441 g/mol. The zero-order valence-electron chi connectivity index (χ0n) is 19.3. The molecule has 3 aliphatic rings. The van der Waals surface area contributed by atoms with Gasteiger partial charge in [0.05, 0.1) is 11.4 Å². The third-order valence-corrected chi connectivity index (χ3v) is 6.79. The highest BCUT2D eigenvalue weighted by Gasteiger charge is 2.45. The summed E-state index contributed by atoms with van der Waals surface area (Å²) in [5, 5.41) is 3.05. The first-order valence-electron chi connectivity index (χ1n) is 11.9. The molecule has 0 aliphatic carbocycles. The van der Waals surface area contributed by atoms with Gasteiger partial charge >= 0.3 is 6.03 Å². The van der Waals surface area contributed by atoms with Crippen molar-refractivity contribution < 1.29 is 14.4 Å². The van der Waals surface area contributed by atoms with Crippen molar-refractivity contribution >= 4 is 29.2 Å². The van der Waals surface area contributed by atoms with Gasteiger partial charge in [-0.15, -0.1) is 0 Å². The fourth-order valence-electron chi connectivity index (χ4n) is 4.85. The summed E-state index contributed by atoms with van der Waals surface area (Å²) in [7, 11) is 0. The number of piperazine rings is 1.